The molecule has 1 heterocycles. The number of hydrogen-bond acceptors (Lipinski definition) is 4. The fourth-order valence-electron chi connectivity index (χ4n) is 2.60. The lowest BCUT2D eigenvalue weighted by atomic mass is 9.99. The minimum atomic E-state index is -0.267. The average molecular weight is 278 g/mol. The van der Waals surface area contributed by atoms with Gasteiger partial charge in [0.1, 0.15) is 0 Å². The van der Waals surface area contributed by atoms with Crippen molar-refractivity contribution in [2.24, 2.45) is 11.7 Å². The van der Waals surface area contributed by atoms with Crippen molar-refractivity contribution in [3.05, 3.63) is 24.3 Å². The van der Waals surface area contributed by atoms with Gasteiger partial charge < -0.3 is 15.2 Å². The van der Waals surface area contributed by atoms with E-state index in [-0.39, 0.29) is 5.91 Å². The summed E-state index contributed by atoms with van der Waals surface area (Å²) >= 11 is 0. The summed E-state index contributed by atoms with van der Waals surface area (Å²) in [4.78, 5) is 13.1. The lowest BCUT2D eigenvalue weighted by Gasteiger charge is -2.31. The Labute approximate surface area is 119 Å². The van der Waals surface area contributed by atoms with Gasteiger partial charge in [0.15, 0.2) is 11.5 Å². The van der Waals surface area contributed by atoms with Crippen molar-refractivity contribution in [3.8, 4) is 11.5 Å². The van der Waals surface area contributed by atoms with Crippen LogP contribution < -0.4 is 15.2 Å². The third kappa shape index (κ3) is 4.13. The normalized spacial score (nSPS) is 19.6. The largest absolute Gasteiger partial charge is 0.493 e. The zero-order valence-corrected chi connectivity index (χ0v) is 11.9. The van der Waals surface area contributed by atoms with Crippen molar-refractivity contribution in [1.82, 2.24) is 4.90 Å². The molecular weight excluding hydrogens is 256 g/mol. The molecule has 1 unspecified atom stereocenters. The minimum Gasteiger partial charge on any atom is -0.493 e. The molecule has 110 valence electrons. The van der Waals surface area contributed by atoms with Gasteiger partial charge in [0.2, 0.25) is 5.91 Å². The molecule has 0 aliphatic carbocycles. The van der Waals surface area contributed by atoms with Gasteiger partial charge in [-0.05, 0) is 31.5 Å². The number of benzene rings is 1. The smallest absolute Gasteiger partial charge is 0.231 e. The quantitative estimate of drug-likeness (QED) is 0.851. The van der Waals surface area contributed by atoms with Gasteiger partial charge >= 0.3 is 0 Å². The van der Waals surface area contributed by atoms with Crippen LogP contribution in [0.1, 0.15) is 12.8 Å². The first-order valence-electron chi connectivity index (χ1n) is 6.95. The van der Waals surface area contributed by atoms with Crippen LogP contribution >= 0.6 is 0 Å². The van der Waals surface area contributed by atoms with Crippen molar-refractivity contribution in [1.29, 1.82) is 0 Å². The van der Waals surface area contributed by atoms with Gasteiger partial charge in [-0.1, -0.05) is 12.1 Å². The first-order valence-corrected chi connectivity index (χ1v) is 6.95. The number of piperidine rings is 1. The number of methoxy groups -OCH3 is 1. The lowest BCUT2D eigenvalue weighted by molar-refractivity contribution is -0.119. The van der Waals surface area contributed by atoms with E-state index in [0.717, 1.165) is 37.4 Å². The number of ether oxygens (including phenoxy) is 2. The van der Waals surface area contributed by atoms with E-state index >= 15 is 0 Å². The van der Waals surface area contributed by atoms with E-state index < -0.39 is 0 Å². The maximum absolute atomic E-state index is 11.0. The van der Waals surface area contributed by atoms with E-state index in [1.807, 2.05) is 24.3 Å². The van der Waals surface area contributed by atoms with Crippen LogP contribution in [0.15, 0.2) is 24.3 Å². The Morgan fingerprint density at radius 2 is 2.15 bits per heavy atom. The van der Waals surface area contributed by atoms with Crippen molar-refractivity contribution in [2.45, 2.75) is 12.8 Å². The van der Waals surface area contributed by atoms with Gasteiger partial charge in [0.05, 0.1) is 20.3 Å². The third-order valence-electron chi connectivity index (χ3n) is 3.53. The van der Waals surface area contributed by atoms with Crippen LogP contribution in [0.3, 0.4) is 0 Å². The summed E-state index contributed by atoms with van der Waals surface area (Å²) < 4.78 is 11.1. The first-order chi connectivity index (χ1) is 9.69. The Hall–Kier alpha value is -1.75. The Morgan fingerprint density at radius 1 is 1.40 bits per heavy atom. The maximum atomic E-state index is 11.0. The molecule has 0 bridgehead atoms. The maximum Gasteiger partial charge on any atom is 0.231 e. The van der Waals surface area contributed by atoms with E-state index in [9.17, 15) is 4.79 Å². The van der Waals surface area contributed by atoms with Crippen molar-refractivity contribution >= 4 is 5.91 Å². The topological polar surface area (TPSA) is 64.8 Å². The van der Waals surface area contributed by atoms with E-state index in [1.54, 1.807) is 7.11 Å². The molecule has 20 heavy (non-hydrogen) atoms. The van der Waals surface area contributed by atoms with Crippen LogP contribution in [0.25, 0.3) is 0 Å². The summed E-state index contributed by atoms with van der Waals surface area (Å²) in [6.45, 7) is 2.77. The number of hydrogen-bond donors (Lipinski definition) is 1. The lowest BCUT2D eigenvalue weighted by Crippen LogP contribution is -2.42. The molecule has 1 fully saturated rings. The highest BCUT2D eigenvalue weighted by atomic mass is 16.5. The fraction of sp³-hybridized carbons (Fsp3) is 0.533. The molecule has 1 amide bonds. The molecule has 2 rings (SSSR count). The molecule has 5 heteroatoms. The molecule has 5 nitrogen and oxygen atoms in total. The molecular formula is C15H22N2O3. The Bertz CT molecular complexity index is 450. The Kier molecular flexibility index (Phi) is 5.24. The SMILES string of the molecule is COc1ccccc1OCC1CCCN(CC(N)=O)C1. The Balaban J connectivity index is 1.85. The number of para-hydroxylation sites is 2. The monoisotopic (exact) mass is 278 g/mol. The van der Waals surface area contributed by atoms with Gasteiger partial charge in [0.25, 0.3) is 0 Å². The highest BCUT2D eigenvalue weighted by Crippen LogP contribution is 2.27. The first kappa shape index (κ1) is 14.7. The minimum absolute atomic E-state index is 0.267. The van der Waals surface area contributed by atoms with Gasteiger partial charge in [-0.25, -0.2) is 0 Å². The highest BCUT2D eigenvalue weighted by Gasteiger charge is 2.21. The molecule has 1 aliphatic rings. The second-order valence-electron chi connectivity index (χ2n) is 5.17. The van der Waals surface area contributed by atoms with Gasteiger partial charge in [0, 0.05) is 12.5 Å². The van der Waals surface area contributed by atoms with Crippen LogP contribution in [0.2, 0.25) is 0 Å². The highest BCUT2D eigenvalue weighted by molar-refractivity contribution is 5.75. The van der Waals surface area contributed by atoms with E-state index in [4.69, 9.17) is 15.2 Å². The number of likely N-dealkylation sites (tertiary alicyclic amines) is 1. The van der Waals surface area contributed by atoms with Crippen LogP contribution in [-0.2, 0) is 4.79 Å². The third-order valence-corrected chi connectivity index (χ3v) is 3.53. The standard InChI is InChI=1S/C15H22N2O3/c1-19-13-6-2-3-7-14(13)20-11-12-5-4-8-17(9-12)10-15(16)18/h2-3,6-7,12H,4-5,8-11H2,1H3,(H2,16,18). The van der Waals surface area contributed by atoms with E-state index in [2.05, 4.69) is 4.90 Å². The van der Waals surface area contributed by atoms with Gasteiger partial charge in [-0.3, -0.25) is 9.69 Å². The number of amides is 1. The van der Waals surface area contributed by atoms with Crippen molar-refractivity contribution < 1.29 is 14.3 Å². The van der Waals surface area contributed by atoms with Crippen LogP contribution in [0, 0.1) is 5.92 Å². The zero-order chi connectivity index (χ0) is 14.4. The molecule has 2 N–H and O–H groups in total. The van der Waals surface area contributed by atoms with Gasteiger partial charge in [-0.2, -0.15) is 0 Å². The molecule has 0 spiro atoms. The summed E-state index contributed by atoms with van der Waals surface area (Å²) in [5.41, 5.74) is 5.24. The number of nitrogens with two attached hydrogens (primary N) is 1. The van der Waals surface area contributed by atoms with Crippen LogP contribution in [-0.4, -0.2) is 44.2 Å². The van der Waals surface area contributed by atoms with Crippen molar-refractivity contribution in [2.75, 3.05) is 33.4 Å². The molecule has 0 radical (unpaired) electrons. The predicted octanol–water partition coefficient (Wildman–Crippen LogP) is 1.27. The summed E-state index contributed by atoms with van der Waals surface area (Å²) in [7, 11) is 1.64. The predicted molar refractivity (Wildman–Crippen MR) is 76.8 cm³/mol. The molecule has 1 atom stereocenters. The molecule has 0 saturated carbocycles. The van der Waals surface area contributed by atoms with E-state index in [1.165, 1.54) is 0 Å². The summed E-state index contributed by atoms with van der Waals surface area (Å²) in [6.07, 6.45) is 2.19. The molecule has 1 aromatic rings. The molecule has 1 aromatic carbocycles. The fourth-order valence-corrected chi connectivity index (χ4v) is 2.60. The second-order valence-corrected chi connectivity index (χ2v) is 5.17. The Morgan fingerprint density at radius 3 is 2.85 bits per heavy atom. The number of carbonyl (C=O) groups is 1. The average Bonchev–Trinajstić information content (AvgIpc) is 2.45. The number of carbonyl (C=O) groups excluding carboxylic acids is 1. The van der Waals surface area contributed by atoms with Crippen LogP contribution in [0.5, 0.6) is 11.5 Å². The molecule has 1 aliphatic heterocycles. The van der Waals surface area contributed by atoms with Crippen LogP contribution in [0.4, 0.5) is 0 Å². The molecule has 0 aromatic heterocycles. The zero-order valence-electron chi connectivity index (χ0n) is 11.9. The van der Waals surface area contributed by atoms with Gasteiger partial charge in [-0.15, -0.1) is 0 Å². The summed E-state index contributed by atoms with van der Waals surface area (Å²) in [5, 5.41) is 0. The number of nitrogens with zero attached hydrogens (tertiary/aromatic N) is 1. The van der Waals surface area contributed by atoms with Crippen molar-refractivity contribution in [3.63, 3.8) is 0 Å². The summed E-state index contributed by atoms with van der Waals surface area (Å²) in [6, 6.07) is 7.64. The van der Waals surface area contributed by atoms with E-state index in [0.29, 0.717) is 19.1 Å². The second kappa shape index (κ2) is 7.14. The number of primary amides is 1. The number of rotatable bonds is 6. The summed E-state index contributed by atoms with van der Waals surface area (Å²) in [5.74, 6) is 1.67. The molecule has 1 saturated heterocycles.